The van der Waals surface area contributed by atoms with E-state index >= 15 is 0 Å². The van der Waals surface area contributed by atoms with E-state index in [1.54, 1.807) is 10.4 Å². The van der Waals surface area contributed by atoms with Gasteiger partial charge in [0.05, 0.1) is 0 Å². The minimum absolute atomic E-state index is 0.652. The molecule has 0 spiro atoms. The van der Waals surface area contributed by atoms with Gasteiger partial charge in [0.1, 0.15) is 0 Å². The number of fused-ring (bicyclic) bond motifs is 1. The van der Waals surface area contributed by atoms with Crippen LogP contribution in [0.4, 0.5) is 0 Å². The van der Waals surface area contributed by atoms with Gasteiger partial charge in [0.15, 0.2) is 0 Å². The first-order valence-electron chi connectivity index (χ1n) is 6.31. The van der Waals surface area contributed by atoms with Crippen molar-refractivity contribution in [3.63, 3.8) is 0 Å². The van der Waals surface area contributed by atoms with Crippen LogP contribution in [-0.2, 0) is 13.0 Å². The van der Waals surface area contributed by atoms with Gasteiger partial charge in [-0.1, -0.05) is 6.92 Å². The molecule has 0 fully saturated rings. The predicted molar refractivity (Wildman–Crippen MR) is 71.1 cm³/mol. The molecule has 0 amide bonds. The zero-order chi connectivity index (χ0) is 11.4. The highest BCUT2D eigenvalue weighted by Crippen LogP contribution is 2.24. The van der Waals surface area contributed by atoms with Gasteiger partial charge in [0, 0.05) is 30.6 Å². The molecule has 16 heavy (non-hydrogen) atoms. The third-order valence-electron chi connectivity index (χ3n) is 3.33. The molecule has 1 N–H and O–H groups in total. The van der Waals surface area contributed by atoms with E-state index in [9.17, 15) is 0 Å². The number of rotatable bonds is 5. The molecule has 1 aliphatic rings. The molecule has 2 rings (SSSR count). The Kier molecular flexibility index (Phi) is 4.38. The third-order valence-corrected chi connectivity index (χ3v) is 4.35. The van der Waals surface area contributed by atoms with E-state index in [2.05, 4.69) is 35.5 Å². The molecule has 90 valence electrons. The summed E-state index contributed by atoms with van der Waals surface area (Å²) in [6, 6.07) is 2.94. The van der Waals surface area contributed by atoms with Gasteiger partial charge in [0.2, 0.25) is 0 Å². The molecule has 2 heterocycles. The van der Waals surface area contributed by atoms with Crippen molar-refractivity contribution in [2.45, 2.75) is 39.3 Å². The molecular formula is C13H22N2S. The molecule has 1 aromatic rings. The average Bonchev–Trinajstić information content (AvgIpc) is 2.76. The molecule has 1 aliphatic heterocycles. The molecular weight excluding hydrogens is 216 g/mol. The van der Waals surface area contributed by atoms with Crippen LogP contribution in [0.5, 0.6) is 0 Å². The van der Waals surface area contributed by atoms with E-state index in [1.807, 2.05) is 11.3 Å². The van der Waals surface area contributed by atoms with Gasteiger partial charge < -0.3 is 5.32 Å². The monoisotopic (exact) mass is 238 g/mol. The largest absolute Gasteiger partial charge is 0.315 e. The van der Waals surface area contributed by atoms with E-state index in [0.717, 1.165) is 19.6 Å². The summed E-state index contributed by atoms with van der Waals surface area (Å²) in [6.07, 6.45) is 2.46. The van der Waals surface area contributed by atoms with Crippen LogP contribution < -0.4 is 5.32 Å². The van der Waals surface area contributed by atoms with Crippen LogP contribution in [0.3, 0.4) is 0 Å². The molecule has 0 aromatic carbocycles. The fraction of sp³-hybridized carbons (Fsp3) is 0.692. The van der Waals surface area contributed by atoms with Crippen LogP contribution in [0.15, 0.2) is 11.4 Å². The summed E-state index contributed by atoms with van der Waals surface area (Å²) >= 11 is 1.92. The summed E-state index contributed by atoms with van der Waals surface area (Å²) in [5.74, 6) is 0. The van der Waals surface area contributed by atoms with E-state index in [4.69, 9.17) is 0 Å². The lowest BCUT2D eigenvalue weighted by Gasteiger charge is -2.32. The van der Waals surface area contributed by atoms with Crippen molar-refractivity contribution >= 4 is 11.3 Å². The quantitative estimate of drug-likeness (QED) is 0.793. The lowest BCUT2D eigenvalue weighted by atomic mass is 10.1. The predicted octanol–water partition coefficient (Wildman–Crippen LogP) is 2.49. The number of nitrogens with zero attached hydrogens (tertiary/aromatic N) is 1. The topological polar surface area (TPSA) is 15.3 Å². The van der Waals surface area contributed by atoms with Crippen molar-refractivity contribution < 1.29 is 0 Å². The second-order valence-electron chi connectivity index (χ2n) is 4.64. The van der Waals surface area contributed by atoms with Crippen LogP contribution in [0.2, 0.25) is 0 Å². The fourth-order valence-corrected chi connectivity index (χ4v) is 3.15. The highest BCUT2D eigenvalue weighted by atomic mass is 32.1. The highest BCUT2D eigenvalue weighted by molar-refractivity contribution is 7.10. The molecule has 1 atom stereocenters. The number of thiophene rings is 1. The minimum atomic E-state index is 0.652. The van der Waals surface area contributed by atoms with Crippen molar-refractivity contribution in [2.75, 3.05) is 19.6 Å². The van der Waals surface area contributed by atoms with E-state index in [1.165, 1.54) is 19.4 Å². The zero-order valence-corrected chi connectivity index (χ0v) is 11.1. The van der Waals surface area contributed by atoms with Gasteiger partial charge in [-0.3, -0.25) is 4.90 Å². The van der Waals surface area contributed by atoms with Gasteiger partial charge >= 0.3 is 0 Å². The van der Waals surface area contributed by atoms with Crippen molar-refractivity contribution in [2.24, 2.45) is 0 Å². The summed E-state index contributed by atoms with van der Waals surface area (Å²) < 4.78 is 0. The van der Waals surface area contributed by atoms with Crippen LogP contribution in [0, 0.1) is 0 Å². The second kappa shape index (κ2) is 5.80. The smallest absolute Gasteiger partial charge is 0.0248 e. The Hall–Kier alpha value is -0.380. The van der Waals surface area contributed by atoms with Crippen LogP contribution in [0.1, 0.15) is 30.7 Å². The Morgan fingerprint density at radius 1 is 1.56 bits per heavy atom. The first-order chi connectivity index (χ1) is 7.81. The Morgan fingerprint density at radius 3 is 3.25 bits per heavy atom. The lowest BCUT2D eigenvalue weighted by Crippen LogP contribution is -2.42. The zero-order valence-electron chi connectivity index (χ0n) is 10.3. The normalized spacial score (nSPS) is 18.4. The van der Waals surface area contributed by atoms with Crippen LogP contribution >= 0.6 is 11.3 Å². The van der Waals surface area contributed by atoms with Crippen molar-refractivity contribution in [1.82, 2.24) is 10.2 Å². The van der Waals surface area contributed by atoms with Crippen LogP contribution in [-0.4, -0.2) is 30.6 Å². The Balaban J connectivity index is 1.83. The third kappa shape index (κ3) is 2.84. The lowest BCUT2D eigenvalue weighted by molar-refractivity contribution is 0.188. The number of hydrogen-bond acceptors (Lipinski definition) is 3. The fourth-order valence-electron chi connectivity index (χ4n) is 2.26. The molecule has 0 radical (unpaired) electrons. The Labute approximate surface area is 103 Å². The maximum Gasteiger partial charge on any atom is 0.0248 e. The van der Waals surface area contributed by atoms with E-state index < -0.39 is 0 Å². The molecule has 2 nitrogen and oxygen atoms in total. The highest BCUT2D eigenvalue weighted by Gasteiger charge is 2.20. The van der Waals surface area contributed by atoms with Gasteiger partial charge in [-0.2, -0.15) is 0 Å². The van der Waals surface area contributed by atoms with Crippen molar-refractivity contribution in [3.8, 4) is 0 Å². The summed E-state index contributed by atoms with van der Waals surface area (Å²) in [4.78, 5) is 4.20. The van der Waals surface area contributed by atoms with Gasteiger partial charge in [-0.05, 0) is 43.3 Å². The number of nitrogens with one attached hydrogen (secondary N) is 1. The summed E-state index contributed by atoms with van der Waals surface area (Å²) in [5.41, 5.74) is 1.55. The standard InChI is InChI=1S/C13H22N2S/c1-3-6-14-9-11(2)15-7-4-13-12(10-15)5-8-16-13/h5,8,11,14H,3-4,6-7,9-10H2,1-2H3. The van der Waals surface area contributed by atoms with E-state index in [0.29, 0.717) is 6.04 Å². The molecule has 0 aliphatic carbocycles. The molecule has 1 aromatic heterocycles. The van der Waals surface area contributed by atoms with Crippen molar-refractivity contribution in [1.29, 1.82) is 0 Å². The minimum Gasteiger partial charge on any atom is -0.315 e. The van der Waals surface area contributed by atoms with Crippen LogP contribution in [0.25, 0.3) is 0 Å². The summed E-state index contributed by atoms with van der Waals surface area (Å²) in [6.45, 7) is 9.18. The van der Waals surface area contributed by atoms with E-state index in [-0.39, 0.29) is 0 Å². The van der Waals surface area contributed by atoms with Gasteiger partial charge in [-0.15, -0.1) is 11.3 Å². The average molecular weight is 238 g/mol. The second-order valence-corrected chi connectivity index (χ2v) is 5.64. The van der Waals surface area contributed by atoms with Crippen molar-refractivity contribution in [3.05, 3.63) is 21.9 Å². The molecule has 3 heteroatoms. The Morgan fingerprint density at radius 2 is 2.44 bits per heavy atom. The molecule has 0 saturated heterocycles. The molecule has 1 unspecified atom stereocenters. The summed E-state index contributed by atoms with van der Waals surface area (Å²) in [7, 11) is 0. The maximum absolute atomic E-state index is 3.51. The van der Waals surface area contributed by atoms with Gasteiger partial charge in [-0.25, -0.2) is 0 Å². The molecule has 0 saturated carbocycles. The first-order valence-corrected chi connectivity index (χ1v) is 7.19. The summed E-state index contributed by atoms with van der Waals surface area (Å²) in [5, 5.41) is 5.74. The number of hydrogen-bond donors (Lipinski definition) is 1. The Bertz CT molecular complexity index is 321. The maximum atomic E-state index is 3.51. The molecule has 0 bridgehead atoms. The van der Waals surface area contributed by atoms with Gasteiger partial charge in [0.25, 0.3) is 0 Å². The SMILES string of the molecule is CCCNCC(C)N1CCc2sccc2C1. The first kappa shape index (κ1) is 12.1.